The summed E-state index contributed by atoms with van der Waals surface area (Å²) in [7, 11) is 1.31. The number of carbonyl (C=O) groups excluding carboxylic acids is 2. The van der Waals surface area contributed by atoms with E-state index in [9.17, 15) is 9.59 Å². The number of hydrogen-bond acceptors (Lipinski definition) is 4. The van der Waals surface area contributed by atoms with E-state index >= 15 is 0 Å². The van der Waals surface area contributed by atoms with Crippen LogP contribution in [0.5, 0.6) is 5.75 Å². The number of rotatable bonds is 3. The average Bonchev–Trinajstić information content (AvgIpc) is 2.28. The van der Waals surface area contributed by atoms with Crippen molar-refractivity contribution >= 4 is 11.9 Å². The van der Waals surface area contributed by atoms with Gasteiger partial charge >= 0.3 is 11.9 Å². The lowest BCUT2D eigenvalue weighted by Crippen LogP contribution is -2.05. The third kappa shape index (κ3) is 4.10. The second kappa shape index (κ2) is 5.84. The van der Waals surface area contributed by atoms with Crippen LogP contribution < -0.4 is 4.74 Å². The molecule has 0 radical (unpaired) electrons. The molecular formula is C13H14O4. The SMILES string of the molecule is COC(=O)c1ccc(OC(=O)C=C(C)C)cc1. The molecule has 0 bridgehead atoms. The molecule has 0 spiro atoms. The average molecular weight is 234 g/mol. The van der Waals surface area contributed by atoms with Gasteiger partial charge in [0, 0.05) is 6.08 Å². The van der Waals surface area contributed by atoms with Crippen molar-refractivity contribution in [1.29, 1.82) is 0 Å². The van der Waals surface area contributed by atoms with Gasteiger partial charge in [-0.25, -0.2) is 9.59 Å². The van der Waals surface area contributed by atoms with E-state index in [2.05, 4.69) is 4.74 Å². The van der Waals surface area contributed by atoms with E-state index in [1.165, 1.54) is 25.3 Å². The van der Waals surface area contributed by atoms with Crippen LogP contribution in [0.2, 0.25) is 0 Å². The first kappa shape index (κ1) is 13.0. The van der Waals surface area contributed by atoms with E-state index in [1.54, 1.807) is 12.1 Å². The minimum Gasteiger partial charge on any atom is -0.465 e. The molecule has 0 atom stereocenters. The fourth-order valence-corrected chi connectivity index (χ4v) is 1.16. The maximum absolute atomic E-state index is 11.3. The summed E-state index contributed by atoms with van der Waals surface area (Å²) in [5.74, 6) is -0.469. The van der Waals surface area contributed by atoms with Crippen molar-refractivity contribution in [2.24, 2.45) is 0 Å². The summed E-state index contributed by atoms with van der Waals surface area (Å²) in [5, 5.41) is 0. The van der Waals surface area contributed by atoms with Gasteiger partial charge in [0.05, 0.1) is 12.7 Å². The topological polar surface area (TPSA) is 52.6 Å². The number of ether oxygens (including phenoxy) is 2. The van der Waals surface area contributed by atoms with E-state index in [4.69, 9.17) is 4.74 Å². The van der Waals surface area contributed by atoms with Crippen molar-refractivity contribution in [3.8, 4) is 5.75 Å². The van der Waals surface area contributed by atoms with Crippen LogP contribution >= 0.6 is 0 Å². The van der Waals surface area contributed by atoms with Gasteiger partial charge in [0.15, 0.2) is 0 Å². The van der Waals surface area contributed by atoms with Gasteiger partial charge in [-0.3, -0.25) is 0 Å². The maximum atomic E-state index is 11.3. The van der Waals surface area contributed by atoms with Crippen LogP contribution in [-0.2, 0) is 9.53 Å². The largest absolute Gasteiger partial charge is 0.465 e. The Hall–Kier alpha value is -2.10. The molecule has 1 aromatic carbocycles. The molecule has 0 saturated heterocycles. The maximum Gasteiger partial charge on any atom is 0.337 e. The quantitative estimate of drug-likeness (QED) is 0.457. The number of esters is 2. The number of carbonyl (C=O) groups is 2. The summed E-state index contributed by atoms with van der Waals surface area (Å²) in [6.45, 7) is 3.61. The first-order chi connectivity index (χ1) is 8.02. The third-order valence-electron chi connectivity index (χ3n) is 1.90. The molecule has 4 heteroatoms. The molecule has 1 rings (SSSR count). The van der Waals surface area contributed by atoms with Gasteiger partial charge in [-0.15, -0.1) is 0 Å². The molecule has 0 N–H and O–H groups in total. The molecule has 1 aromatic rings. The van der Waals surface area contributed by atoms with Crippen molar-refractivity contribution in [3.05, 3.63) is 41.5 Å². The van der Waals surface area contributed by atoms with E-state index in [-0.39, 0.29) is 0 Å². The zero-order valence-electron chi connectivity index (χ0n) is 10.0. The van der Waals surface area contributed by atoms with Gasteiger partial charge < -0.3 is 9.47 Å². The third-order valence-corrected chi connectivity index (χ3v) is 1.90. The molecular weight excluding hydrogens is 220 g/mol. The standard InChI is InChI=1S/C13H14O4/c1-9(2)8-12(14)17-11-6-4-10(5-7-11)13(15)16-3/h4-8H,1-3H3. The molecule has 0 aliphatic carbocycles. The van der Waals surface area contributed by atoms with E-state index < -0.39 is 11.9 Å². The minimum absolute atomic E-state index is 0.389. The lowest BCUT2D eigenvalue weighted by Gasteiger charge is -2.03. The van der Waals surface area contributed by atoms with Gasteiger partial charge in [-0.2, -0.15) is 0 Å². The summed E-state index contributed by atoms with van der Waals surface area (Å²) in [4.78, 5) is 22.5. The van der Waals surface area contributed by atoms with Gasteiger partial charge in [0.2, 0.25) is 0 Å². The molecule has 0 aliphatic rings. The van der Waals surface area contributed by atoms with Gasteiger partial charge in [-0.05, 0) is 38.1 Å². The first-order valence-corrected chi connectivity index (χ1v) is 5.08. The molecule has 0 saturated carbocycles. The normalized spacial score (nSPS) is 9.35. The highest BCUT2D eigenvalue weighted by Gasteiger charge is 2.06. The van der Waals surface area contributed by atoms with Crippen LogP contribution in [0.15, 0.2) is 35.9 Å². The zero-order valence-corrected chi connectivity index (χ0v) is 10.0. The zero-order chi connectivity index (χ0) is 12.8. The van der Waals surface area contributed by atoms with E-state index in [0.29, 0.717) is 11.3 Å². The number of hydrogen-bond donors (Lipinski definition) is 0. The monoisotopic (exact) mass is 234 g/mol. The van der Waals surface area contributed by atoms with Gasteiger partial charge in [0.1, 0.15) is 5.75 Å². The lowest BCUT2D eigenvalue weighted by molar-refractivity contribution is -0.129. The molecule has 4 nitrogen and oxygen atoms in total. The van der Waals surface area contributed by atoms with Crippen LogP contribution in [0.1, 0.15) is 24.2 Å². The number of allylic oxidation sites excluding steroid dienone is 1. The summed E-state index contributed by atoms with van der Waals surface area (Å²) in [6, 6.07) is 6.17. The minimum atomic E-state index is -0.434. The molecule has 0 aliphatic heterocycles. The number of methoxy groups -OCH3 is 1. The smallest absolute Gasteiger partial charge is 0.337 e. The Bertz CT molecular complexity index is 439. The Morgan fingerprint density at radius 3 is 2.18 bits per heavy atom. The first-order valence-electron chi connectivity index (χ1n) is 5.08. The second-order valence-corrected chi connectivity index (χ2v) is 3.66. The molecule has 17 heavy (non-hydrogen) atoms. The number of benzene rings is 1. The van der Waals surface area contributed by atoms with Crippen LogP contribution in [0.3, 0.4) is 0 Å². The summed E-state index contributed by atoms with van der Waals surface area (Å²) >= 11 is 0. The fourth-order valence-electron chi connectivity index (χ4n) is 1.16. The Kier molecular flexibility index (Phi) is 4.46. The Morgan fingerprint density at radius 2 is 1.71 bits per heavy atom. The Labute approximate surface area is 99.8 Å². The molecule has 90 valence electrons. The van der Waals surface area contributed by atoms with Crippen molar-refractivity contribution in [3.63, 3.8) is 0 Å². The molecule has 0 aromatic heterocycles. The van der Waals surface area contributed by atoms with E-state index in [1.807, 2.05) is 13.8 Å². The predicted octanol–water partition coefficient (Wildman–Crippen LogP) is 2.34. The van der Waals surface area contributed by atoms with E-state index in [0.717, 1.165) is 5.57 Å². The van der Waals surface area contributed by atoms with Crippen molar-refractivity contribution in [1.82, 2.24) is 0 Å². The summed E-state index contributed by atoms with van der Waals surface area (Å²) < 4.78 is 9.58. The van der Waals surface area contributed by atoms with Crippen molar-refractivity contribution in [2.45, 2.75) is 13.8 Å². The Balaban J connectivity index is 2.72. The van der Waals surface area contributed by atoms with Gasteiger partial charge in [0.25, 0.3) is 0 Å². The summed E-state index contributed by atoms with van der Waals surface area (Å²) in [5.41, 5.74) is 1.27. The molecule has 0 fully saturated rings. The van der Waals surface area contributed by atoms with Gasteiger partial charge in [-0.1, -0.05) is 5.57 Å². The Morgan fingerprint density at radius 1 is 1.12 bits per heavy atom. The summed E-state index contributed by atoms with van der Waals surface area (Å²) in [6.07, 6.45) is 1.40. The van der Waals surface area contributed by atoms with Crippen LogP contribution in [0.25, 0.3) is 0 Å². The predicted molar refractivity (Wildman–Crippen MR) is 62.8 cm³/mol. The lowest BCUT2D eigenvalue weighted by atomic mass is 10.2. The van der Waals surface area contributed by atoms with Crippen LogP contribution in [0, 0.1) is 0 Å². The van der Waals surface area contributed by atoms with Crippen LogP contribution in [0.4, 0.5) is 0 Å². The molecule has 0 amide bonds. The molecule has 0 unspecified atom stereocenters. The fraction of sp³-hybridized carbons (Fsp3) is 0.231. The van der Waals surface area contributed by atoms with Crippen molar-refractivity contribution in [2.75, 3.05) is 7.11 Å². The van der Waals surface area contributed by atoms with Crippen LogP contribution in [-0.4, -0.2) is 19.0 Å². The second-order valence-electron chi connectivity index (χ2n) is 3.66. The molecule has 0 heterocycles. The highest BCUT2D eigenvalue weighted by atomic mass is 16.5. The van der Waals surface area contributed by atoms with Crippen molar-refractivity contribution < 1.29 is 19.1 Å². The highest BCUT2D eigenvalue weighted by Crippen LogP contribution is 2.13. The highest BCUT2D eigenvalue weighted by molar-refractivity contribution is 5.89.